The smallest absolute Gasteiger partial charge is 0.191 e. The van der Waals surface area contributed by atoms with Crippen molar-refractivity contribution in [1.82, 2.24) is 15.5 Å². The monoisotopic (exact) mass is 432 g/mol. The lowest BCUT2D eigenvalue weighted by Gasteiger charge is -2.26. The van der Waals surface area contributed by atoms with Crippen molar-refractivity contribution in [1.29, 1.82) is 0 Å². The van der Waals surface area contributed by atoms with Crippen molar-refractivity contribution in [3.8, 4) is 5.75 Å². The topological polar surface area (TPSA) is 71.3 Å². The number of guanidine groups is 1. The Bertz CT molecular complexity index is 779. The molecule has 2 N–H and O–H groups in total. The van der Waals surface area contributed by atoms with Crippen molar-refractivity contribution < 1.29 is 18.3 Å². The molecule has 2 heterocycles. The van der Waals surface area contributed by atoms with E-state index in [1.54, 1.807) is 24.5 Å². The van der Waals surface area contributed by atoms with Gasteiger partial charge in [-0.05, 0) is 44.2 Å². The highest BCUT2D eigenvalue weighted by Gasteiger charge is 2.10. The van der Waals surface area contributed by atoms with E-state index in [9.17, 15) is 4.39 Å². The van der Waals surface area contributed by atoms with Crippen LogP contribution in [0.15, 0.2) is 52.1 Å². The highest BCUT2D eigenvalue weighted by molar-refractivity contribution is 5.79. The van der Waals surface area contributed by atoms with Gasteiger partial charge in [0.05, 0.1) is 26.0 Å². The Morgan fingerprint density at radius 1 is 1.16 bits per heavy atom. The molecule has 1 aliphatic rings. The molecule has 0 aliphatic carbocycles. The zero-order valence-corrected chi connectivity index (χ0v) is 18.2. The molecule has 2 aromatic rings. The minimum Gasteiger partial charge on any atom is -0.486 e. The third-order valence-electron chi connectivity index (χ3n) is 4.96. The zero-order chi connectivity index (χ0) is 21.7. The van der Waals surface area contributed by atoms with Gasteiger partial charge in [0.25, 0.3) is 0 Å². The lowest BCUT2D eigenvalue weighted by molar-refractivity contribution is 0.0376. The largest absolute Gasteiger partial charge is 0.486 e. The van der Waals surface area contributed by atoms with Gasteiger partial charge in [-0.15, -0.1) is 0 Å². The fourth-order valence-corrected chi connectivity index (χ4v) is 3.28. The number of para-hydroxylation sites is 1. The van der Waals surface area contributed by atoms with E-state index in [1.165, 1.54) is 6.07 Å². The van der Waals surface area contributed by atoms with Gasteiger partial charge < -0.3 is 24.5 Å². The second-order valence-corrected chi connectivity index (χ2v) is 7.54. The first kappa shape index (κ1) is 23.1. The highest BCUT2D eigenvalue weighted by atomic mass is 19.1. The molecule has 1 fully saturated rings. The Morgan fingerprint density at radius 3 is 2.74 bits per heavy atom. The van der Waals surface area contributed by atoms with Gasteiger partial charge in [0.1, 0.15) is 11.9 Å². The number of hydrogen-bond donors (Lipinski definition) is 2. The van der Waals surface area contributed by atoms with Gasteiger partial charge in [0.2, 0.25) is 0 Å². The van der Waals surface area contributed by atoms with Gasteiger partial charge in [-0.2, -0.15) is 0 Å². The van der Waals surface area contributed by atoms with E-state index in [0.29, 0.717) is 13.1 Å². The molecule has 1 atom stereocenters. The Morgan fingerprint density at radius 2 is 1.97 bits per heavy atom. The molecular weight excluding hydrogens is 399 g/mol. The normalized spacial score (nSPS) is 16.1. The first-order valence-electron chi connectivity index (χ1n) is 11.0. The van der Waals surface area contributed by atoms with Crippen molar-refractivity contribution in [2.45, 2.75) is 25.9 Å². The van der Waals surface area contributed by atoms with Crippen LogP contribution in [0.25, 0.3) is 0 Å². The minimum atomic E-state index is -0.364. The molecule has 0 saturated carbocycles. The van der Waals surface area contributed by atoms with Crippen molar-refractivity contribution >= 4 is 5.96 Å². The van der Waals surface area contributed by atoms with Crippen molar-refractivity contribution in [2.75, 3.05) is 52.5 Å². The summed E-state index contributed by atoms with van der Waals surface area (Å²) in [6.07, 6.45) is 3.20. The van der Waals surface area contributed by atoms with E-state index in [0.717, 1.165) is 64.0 Å². The SMILES string of the molecule is CC(CN=C(NCCCN1CCOCC1)NCCc1ccco1)Oc1ccccc1F. The Balaban J connectivity index is 1.46. The minimum absolute atomic E-state index is 0.246. The molecule has 0 radical (unpaired) electrons. The number of nitrogens with zero attached hydrogens (tertiary/aromatic N) is 2. The van der Waals surface area contributed by atoms with Gasteiger partial charge in [-0.25, -0.2) is 9.38 Å². The third-order valence-corrected chi connectivity index (χ3v) is 4.96. The lowest BCUT2D eigenvalue weighted by Crippen LogP contribution is -2.41. The Labute approximate surface area is 183 Å². The van der Waals surface area contributed by atoms with E-state index in [-0.39, 0.29) is 17.7 Å². The van der Waals surface area contributed by atoms with Gasteiger partial charge in [-0.3, -0.25) is 4.90 Å². The predicted octanol–water partition coefficient (Wildman–Crippen LogP) is 2.69. The molecule has 1 unspecified atom stereocenters. The van der Waals surface area contributed by atoms with Crippen molar-refractivity contribution in [3.63, 3.8) is 0 Å². The number of aliphatic imine (C=N–C) groups is 1. The first-order chi connectivity index (χ1) is 15.2. The molecule has 1 saturated heterocycles. The summed E-state index contributed by atoms with van der Waals surface area (Å²) < 4.78 is 30.3. The lowest BCUT2D eigenvalue weighted by atomic mass is 10.3. The van der Waals surface area contributed by atoms with E-state index in [2.05, 4.69) is 20.5 Å². The molecule has 0 amide bonds. The van der Waals surface area contributed by atoms with Crippen LogP contribution >= 0.6 is 0 Å². The fourth-order valence-electron chi connectivity index (χ4n) is 3.28. The van der Waals surface area contributed by atoms with Crippen LogP contribution in [-0.2, 0) is 11.2 Å². The van der Waals surface area contributed by atoms with E-state index < -0.39 is 0 Å². The summed E-state index contributed by atoms with van der Waals surface area (Å²) in [5.74, 6) is 1.53. The van der Waals surface area contributed by atoms with Crippen LogP contribution in [0.2, 0.25) is 0 Å². The van der Waals surface area contributed by atoms with Crippen LogP contribution < -0.4 is 15.4 Å². The van der Waals surface area contributed by atoms with Crippen LogP contribution in [0.1, 0.15) is 19.1 Å². The Hall–Kier alpha value is -2.58. The van der Waals surface area contributed by atoms with E-state index in [1.807, 2.05) is 19.1 Å². The number of furan rings is 1. The van der Waals surface area contributed by atoms with Crippen LogP contribution in [0, 0.1) is 5.82 Å². The summed E-state index contributed by atoms with van der Waals surface area (Å²) in [4.78, 5) is 7.05. The number of hydrogen-bond acceptors (Lipinski definition) is 5. The summed E-state index contributed by atoms with van der Waals surface area (Å²) in [5.41, 5.74) is 0. The maximum absolute atomic E-state index is 13.8. The van der Waals surface area contributed by atoms with Crippen LogP contribution in [0.4, 0.5) is 4.39 Å². The second-order valence-electron chi connectivity index (χ2n) is 7.54. The van der Waals surface area contributed by atoms with E-state index in [4.69, 9.17) is 13.9 Å². The van der Waals surface area contributed by atoms with Gasteiger partial charge in [-0.1, -0.05) is 12.1 Å². The zero-order valence-electron chi connectivity index (χ0n) is 18.2. The van der Waals surface area contributed by atoms with Gasteiger partial charge >= 0.3 is 0 Å². The van der Waals surface area contributed by atoms with Gasteiger partial charge in [0.15, 0.2) is 17.5 Å². The second kappa shape index (κ2) is 13.0. The molecule has 7 nitrogen and oxygen atoms in total. The Kier molecular flexibility index (Phi) is 9.66. The van der Waals surface area contributed by atoms with Gasteiger partial charge in [0, 0.05) is 32.6 Å². The van der Waals surface area contributed by atoms with Crippen LogP contribution in [-0.4, -0.2) is 69.4 Å². The molecule has 1 aliphatic heterocycles. The molecular formula is C23H33FN4O3. The maximum Gasteiger partial charge on any atom is 0.191 e. The number of rotatable bonds is 11. The molecule has 8 heteroatoms. The number of halogens is 1. The predicted molar refractivity (Wildman–Crippen MR) is 119 cm³/mol. The standard InChI is InChI=1S/C23H33FN4O3/c1-19(31-22-8-3-2-7-21(22)24)18-27-23(26-11-9-20-6-4-15-30-20)25-10-5-12-28-13-16-29-17-14-28/h2-4,6-8,15,19H,5,9-14,16-18H2,1H3,(H2,25,26,27). The average Bonchev–Trinajstić information content (AvgIpc) is 3.30. The molecule has 0 spiro atoms. The summed E-state index contributed by atoms with van der Waals surface area (Å²) in [6, 6.07) is 10.3. The summed E-state index contributed by atoms with van der Waals surface area (Å²) in [6.45, 7) is 8.45. The first-order valence-corrected chi connectivity index (χ1v) is 11.0. The van der Waals surface area contributed by atoms with Crippen LogP contribution in [0.5, 0.6) is 5.75 Å². The van der Waals surface area contributed by atoms with Crippen molar-refractivity contribution in [3.05, 3.63) is 54.2 Å². The molecule has 1 aromatic heterocycles. The summed E-state index contributed by atoms with van der Waals surface area (Å²) >= 11 is 0. The highest BCUT2D eigenvalue weighted by Crippen LogP contribution is 2.17. The third kappa shape index (κ3) is 8.59. The molecule has 31 heavy (non-hydrogen) atoms. The summed E-state index contributed by atoms with van der Waals surface area (Å²) in [7, 11) is 0. The number of benzene rings is 1. The number of morpholine rings is 1. The van der Waals surface area contributed by atoms with Crippen LogP contribution in [0.3, 0.4) is 0 Å². The maximum atomic E-state index is 13.8. The van der Waals surface area contributed by atoms with E-state index >= 15 is 0 Å². The molecule has 170 valence electrons. The average molecular weight is 433 g/mol. The molecule has 0 bridgehead atoms. The number of ether oxygens (including phenoxy) is 2. The quantitative estimate of drug-likeness (QED) is 0.323. The number of nitrogens with one attached hydrogen (secondary N) is 2. The molecule has 1 aromatic carbocycles. The fraction of sp³-hybridized carbons (Fsp3) is 0.522. The summed E-state index contributed by atoms with van der Waals surface area (Å²) in [5, 5.41) is 6.73. The van der Waals surface area contributed by atoms with Crippen molar-refractivity contribution in [2.24, 2.45) is 4.99 Å². The molecule has 3 rings (SSSR count).